The molecule has 2 atom stereocenters. The molecule has 1 aliphatic rings. The first kappa shape index (κ1) is 10.0. The van der Waals surface area contributed by atoms with E-state index in [0.29, 0.717) is 19.1 Å². The van der Waals surface area contributed by atoms with Crippen LogP contribution in [0.4, 0.5) is 0 Å². The van der Waals surface area contributed by atoms with Crippen LogP contribution in [0.5, 0.6) is 0 Å². The first-order valence-electron chi connectivity index (χ1n) is 4.56. The van der Waals surface area contributed by atoms with Crippen molar-refractivity contribution in [3.8, 4) is 0 Å². The molecule has 1 amide bonds. The summed E-state index contributed by atoms with van der Waals surface area (Å²) in [6, 6.07) is 0. The maximum absolute atomic E-state index is 11.1. The Morgan fingerprint density at radius 1 is 1.54 bits per heavy atom. The van der Waals surface area contributed by atoms with Gasteiger partial charge in [0.15, 0.2) is 0 Å². The Labute approximate surface area is 77.6 Å². The zero-order valence-electron chi connectivity index (χ0n) is 8.00. The van der Waals surface area contributed by atoms with Crippen molar-refractivity contribution in [2.45, 2.75) is 20.3 Å². The number of ether oxygens (including phenoxy) is 1. The van der Waals surface area contributed by atoms with Crippen molar-refractivity contribution < 1.29 is 14.3 Å². The third-order valence-corrected chi connectivity index (χ3v) is 2.13. The third kappa shape index (κ3) is 3.05. The molecule has 0 spiro atoms. The molecule has 13 heavy (non-hydrogen) atoms. The Bertz CT molecular complexity index is 215. The zero-order valence-corrected chi connectivity index (χ0v) is 8.00. The van der Waals surface area contributed by atoms with Gasteiger partial charge in [0.2, 0.25) is 5.91 Å². The van der Waals surface area contributed by atoms with E-state index in [1.165, 1.54) is 6.92 Å². The quantitative estimate of drug-likeness (QED) is 0.642. The van der Waals surface area contributed by atoms with Gasteiger partial charge in [-0.3, -0.25) is 9.59 Å². The molecule has 0 aliphatic heterocycles. The van der Waals surface area contributed by atoms with Crippen molar-refractivity contribution in [2.24, 2.45) is 11.8 Å². The van der Waals surface area contributed by atoms with Gasteiger partial charge < -0.3 is 10.1 Å². The van der Waals surface area contributed by atoms with Crippen LogP contribution >= 0.6 is 0 Å². The molecule has 1 saturated carbocycles. The Morgan fingerprint density at radius 3 is 2.77 bits per heavy atom. The van der Waals surface area contributed by atoms with Crippen molar-refractivity contribution in [3.05, 3.63) is 0 Å². The number of carbonyl (C=O) groups excluding carboxylic acids is 2. The Kier molecular flexibility index (Phi) is 3.28. The minimum absolute atomic E-state index is 0.0202. The summed E-state index contributed by atoms with van der Waals surface area (Å²) in [6.07, 6.45) is 0.846. The molecule has 0 aromatic heterocycles. The van der Waals surface area contributed by atoms with Crippen LogP contribution < -0.4 is 5.32 Å². The van der Waals surface area contributed by atoms with Crippen LogP contribution in [-0.2, 0) is 14.3 Å². The number of carbonyl (C=O) groups is 2. The Hall–Kier alpha value is -1.06. The molecule has 74 valence electrons. The molecule has 1 aliphatic carbocycles. The van der Waals surface area contributed by atoms with Crippen LogP contribution in [0, 0.1) is 11.8 Å². The van der Waals surface area contributed by atoms with Crippen LogP contribution in [0.15, 0.2) is 0 Å². The maximum atomic E-state index is 11.1. The Balaban J connectivity index is 2.15. The molecule has 4 nitrogen and oxygen atoms in total. The first-order chi connectivity index (χ1) is 6.15. The van der Waals surface area contributed by atoms with Crippen LogP contribution in [0.1, 0.15) is 20.3 Å². The summed E-state index contributed by atoms with van der Waals surface area (Å²) in [4.78, 5) is 21.7. The molecule has 0 aromatic rings. The molecule has 1 N–H and O–H groups in total. The highest BCUT2D eigenvalue weighted by Crippen LogP contribution is 2.38. The fraction of sp³-hybridized carbons (Fsp3) is 0.778. The predicted molar refractivity (Wildman–Crippen MR) is 46.9 cm³/mol. The van der Waals surface area contributed by atoms with Gasteiger partial charge in [-0.1, -0.05) is 0 Å². The van der Waals surface area contributed by atoms with Gasteiger partial charge in [0.25, 0.3) is 0 Å². The maximum Gasteiger partial charge on any atom is 0.309 e. The van der Waals surface area contributed by atoms with E-state index in [0.717, 1.165) is 6.42 Å². The molecule has 0 saturated heterocycles. The molecule has 1 fully saturated rings. The highest BCUT2D eigenvalue weighted by molar-refractivity contribution is 5.76. The van der Waals surface area contributed by atoms with Gasteiger partial charge in [-0.05, 0) is 19.3 Å². The smallest absolute Gasteiger partial charge is 0.309 e. The van der Waals surface area contributed by atoms with E-state index in [2.05, 4.69) is 5.32 Å². The molecule has 1 rings (SSSR count). The van der Waals surface area contributed by atoms with Gasteiger partial charge in [0.1, 0.15) is 0 Å². The predicted octanol–water partition coefficient (Wildman–Crippen LogP) is 0.322. The first-order valence-corrected chi connectivity index (χ1v) is 4.56. The topological polar surface area (TPSA) is 55.4 Å². The van der Waals surface area contributed by atoms with E-state index in [4.69, 9.17) is 4.74 Å². The molecule has 2 unspecified atom stereocenters. The van der Waals surface area contributed by atoms with Crippen LogP contribution in [0.2, 0.25) is 0 Å². The van der Waals surface area contributed by atoms with Gasteiger partial charge in [-0.15, -0.1) is 0 Å². The third-order valence-electron chi connectivity index (χ3n) is 2.13. The standard InChI is InChI=1S/C9H15NO3/c1-3-13-9(12)8-4-7(8)5-10-6(2)11/h7-8H,3-5H2,1-2H3,(H,10,11). The van der Waals surface area contributed by atoms with Crippen molar-refractivity contribution in [2.75, 3.05) is 13.2 Å². The van der Waals surface area contributed by atoms with E-state index in [9.17, 15) is 9.59 Å². The lowest BCUT2D eigenvalue weighted by Crippen LogP contribution is -2.23. The average Bonchev–Trinajstić information content (AvgIpc) is 2.80. The molecule has 0 heterocycles. The highest BCUT2D eigenvalue weighted by atomic mass is 16.5. The van der Waals surface area contributed by atoms with Gasteiger partial charge in [-0.25, -0.2) is 0 Å². The number of hydrogen-bond donors (Lipinski definition) is 1. The second-order valence-corrected chi connectivity index (χ2v) is 3.29. The fourth-order valence-electron chi connectivity index (χ4n) is 1.29. The van der Waals surface area contributed by atoms with Crippen molar-refractivity contribution in [1.29, 1.82) is 0 Å². The van der Waals surface area contributed by atoms with E-state index in [1.807, 2.05) is 0 Å². The summed E-state index contributed by atoms with van der Waals surface area (Å²) in [5.74, 6) is 0.141. The van der Waals surface area contributed by atoms with E-state index in [1.54, 1.807) is 6.92 Å². The number of amides is 1. The summed E-state index contributed by atoms with van der Waals surface area (Å²) in [5, 5.41) is 2.69. The highest BCUT2D eigenvalue weighted by Gasteiger charge is 2.43. The average molecular weight is 185 g/mol. The summed E-state index contributed by atoms with van der Waals surface area (Å²) in [5.41, 5.74) is 0. The molecule has 0 radical (unpaired) electrons. The molecular weight excluding hydrogens is 170 g/mol. The normalized spacial score (nSPS) is 25.1. The summed E-state index contributed by atoms with van der Waals surface area (Å²) < 4.78 is 4.85. The lowest BCUT2D eigenvalue weighted by molar-refractivity contribution is -0.145. The second-order valence-electron chi connectivity index (χ2n) is 3.29. The van der Waals surface area contributed by atoms with Gasteiger partial charge >= 0.3 is 5.97 Å². The lowest BCUT2D eigenvalue weighted by Gasteiger charge is -2.01. The summed E-state index contributed by atoms with van der Waals surface area (Å²) in [7, 11) is 0. The fourth-order valence-corrected chi connectivity index (χ4v) is 1.29. The molecular formula is C9H15NO3. The SMILES string of the molecule is CCOC(=O)C1CC1CNC(C)=O. The van der Waals surface area contributed by atoms with Gasteiger partial charge in [-0.2, -0.15) is 0 Å². The number of hydrogen-bond acceptors (Lipinski definition) is 3. The summed E-state index contributed by atoms with van der Waals surface area (Å²) in [6.45, 7) is 4.30. The molecule has 4 heteroatoms. The summed E-state index contributed by atoms with van der Waals surface area (Å²) >= 11 is 0. The molecule has 0 bridgehead atoms. The minimum atomic E-state index is -0.127. The Morgan fingerprint density at radius 2 is 2.23 bits per heavy atom. The van der Waals surface area contributed by atoms with E-state index >= 15 is 0 Å². The van der Waals surface area contributed by atoms with Crippen molar-refractivity contribution in [1.82, 2.24) is 5.32 Å². The molecule has 0 aromatic carbocycles. The van der Waals surface area contributed by atoms with Crippen molar-refractivity contribution >= 4 is 11.9 Å². The van der Waals surface area contributed by atoms with E-state index < -0.39 is 0 Å². The zero-order chi connectivity index (χ0) is 9.84. The van der Waals surface area contributed by atoms with Crippen LogP contribution in [0.25, 0.3) is 0 Å². The monoisotopic (exact) mass is 185 g/mol. The lowest BCUT2D eigenvalue weighted by atomic mass is 10.3. The van der Waals surface area contributed by atoms with E-state index in [-0.39, 0.29) is 17.8 Å². The number of nitrogens with one attached hydrogen (secondary N) is 1. The van der Waals surface area contributed by atoms with Crippen molar-refractivity contribution in [3.63, 3.8) is 0 Å². The second kappa shape index (κ2) is 4.25. The number of rotatable bonds is 4. The number of esters is 1. The van der Waals surface area contributed by atoms with Crippen LogP contribution in [0.3, 0.4) is 0 Å². The minimum Gasteiger partial charge on any atom is -0.466 e. The largest absolute Gasteiger partial charge is 0.466 e. The van der Waals surface area contributed by atoms with Gasteiger partial charge in [0, 0.05) is 13.5 Å². The van der Waals surface area contributed by atoms with Crippen LogP contribution in [-0.4, -0.2) is 25.0 Å². The van der Waals surface area contributed by atoms with Gasteiger partial charge in [0.05, 0.1) is 12.5 Å².